The van der Waals surface area contributed by atoms with Crippen LogP contribution in [0, 0.1) is 0 Å². The number of aliphatic hydroxyl groups excluding tert-OH is 4. The smallest absolute Gasteiger partial charge is 0.780 e. The standard InChI is InChI=1S/4C12H19O4P.C6H16N2.2C2H4O2.4CH4O.4Zn/c4*1-8(2)10-6-5-7-11(9(3)4)12(10)16-17(13,14)15;1-7(2)5-6-8(3)4;2*1-2(3)4;4*1-2;;;;/h4*5-9H,1-4H3,(H2,13,14,15);5-6H2,1-4H3;2*1H3,(H,3,4);4*2H,1H3;;;;/q;;;;;;;;;;;4*+2/p-8. The zero-order chi connectivity index (χ0) is 74.6. The monoisotopic (exact) mass is 1640 g/mol. The van der Waals surface area contributed by atoms with Gasteiger partial charge in [-0.3, -0.25) is 0 Å². The Kier molecular flexibility index (Phi) is 76.9. The summed E-state index contributed by atoms with van der Waals surface area (Å²) in [6, 6.07) is 21.6. The largest absolute Gasteiger partial charge is 2.00 e. The van der Waals surface area contributed by atoms with Gasteiger partial charge in [-0.25, -0.2) is 0 Å². The fourth-order valence-corrected chi connectivity index (χ4v) is 9.04. The molecular formula is C62H108N2O24P4Zn4. The quantitative estimate of drug-likeness (QED) is 0.0575. The Labute approximate surface area is 624 Å². The SMILES string of the molecule is CC(=O)[O-].CC(=O)[O-].CC(C)c1cccc(C(C)C)c1OP(=O)([O-])[O-].CC(C)c1cccc(C(C)C)c1OP(=O)([O-])[O-].CC(C)c1cccc(C(C)C)c1OP(=O)([O-])[O-].CC(C)c1cccc(C(C)C)c1OP(=O)([O-])[O-].CO.CO.CO.CO.C[NH+](C)CC[NH+](C)C.[Zn+2].[Zn+2].[Zn+2].[Zn+2]. The van der Waals surface area contributed by atoms with Gasteiger partial charge in [0.25, 0.3) is 0 Å². The molecule has 0 saturated heterocycles. The minimum absolute atomic E-state index is 0. The van der Waals surface area contributed by atoms with Crippen LogP contribution in [0.25, 0.3) is 0 Å². The van der Waals surface area contributed by atoms with Gasteiger partial charge < -0.3 is 126 Å². The van der Waals surface area contributed by atoms with Crippen LogP contribution < -0.4 is 77.3 Å². The number of phosphoric acid groups is 4. The molecule has 4 aromatic carbocycles. The maximum Gasteiger partial charge on any atom is 2.00 e. The van der Waals surface area contributed by atoms with Gasteiger partial charge in [0.15, 0.2) is 0 Å². The maximum atomic E-state index is 10.8. The van der Waals surface area contributed by atoms with E-state index in [1.165, 1.54) is 22.9 Å². The molecule has 0 aliphatic heterocycles. The first-order chi connectivity index (χ1) is 42.0. The van der Waals surface area contributed by atoms with E-state index in [9.17, 15) is 57.4 Å². The number of hydrogen-bond acceptors (Lipinski definition) is 24. The second-order valence-corrected chi connectivity index (χ2v) is 26.7. The van der Waals surface area contributed by atoms with Crippen LogP contribution in [-0.2, 0) is 106 Å². The molecule has 0 aromatic heterocycles. The maximum absolute atomic E-state index is 10.8. The van der Waals surface area contributed by atoms with E-state index < -0.39 is 43.2 Å². The van der Waals surface area contributed by atoms with Crippen molar-refractivity contribution in [2.24, 2.45) is 0 Å². The third kappa shape index (κ3) is 61.7. The number of carbonyl (C=O) groups excluding carboxylic acids is 2. The van der Waals surface area contributed by atoms with Crippen molar-refractivity contribution in [3.8, 4) is 23.0 Å². The molecule has 0 aliphatic carbocycles. The zero-order valence-corrected chi connectivity index (χ0v) is 77.0. The number of quaternary nitrogens is 2. The number of benzene rings is 4. The third-order valence-electron chi connectivity index (χ3n) is 11.2. The number of aliphatic hydroxyl groups is 4. The van der Waals surface area contributed by atoms with E-state index in [-0.39, 0.29) is 148 Å². The first-order valence-electron chi connectivity index (χ1n) is 29.1. The number of para-hydroxylation sites is 4. The molecule has 0 spiro atoms. The summed E-state index contributed by atoms with van der Waals surface area (Å²) >= 11 is 0. The van der Waals surface area contributed by atoms with Crippen molar-refractivity contribution in [1.82, 2.24) is 0 Å². The Bertz CT molecular complexity index is 2340. The van der Waals surface area contributed by atoms with Crippen molar-refractivity contribution in [3.05, 3.63) is 117 Å². The molecule has 0 atom stereocenters. The Morgan fingerprint density at radius 2 is 0.417 bits per heavy atom. The molecule has 26 nitrogen and oxygen atoms in total. The van der Waals surface area contributed by atoms with E-state index in [1.807, 2.05) is 135 Å². The number of phosphoric ester groups is 4. The molecule has 6 N–H and O–H groups in total. The van der Waals surface area contributed by atoms with Crippen molar-refractivity contribution in [1.29, 1.82) is 0 Å². The summed E-state index contributed by atoms with van der Waals surface area (Å²) < 4.78 is 61.7. The van der Waals surface area contributed by atoms with Crippen LogP contribution >= 0.6 is 31.3 Å². The van der Waals surface area contributed by atoms with Gasteiger partial charge in [-0.1, -0.05) is 184 Å². The number of carboxylic acids is 2. The molecule has 0 radical (unpaired) electrons. The number of carbonyl (C=O) groups is 2. The summed E-state index contributed by atoms with van der Waals surface area (Å²) in [5.74, 6) is -0.625. The van der Waals surface area contributed by atoms with E-state index in [1.54, 1.807) is 48.5 Å². The van der Waals surface area contributed by atoms with E-state index in [2.05, 4.69) is 46.3 Å². The zero-order valence-electron chi connectivity index (χ0n) is 61.5. The molecule has 0 unspecified atom stereocenters. The number of hydrogen-bond donors (Lipinski definition) is 6. The van der Waals surface area contributed by atoms with Crippen molar-refractivity contribution >= 4 is 43.2 Å². The fourth-order valence-electron chi connectivity index (χ4n) is 7.30. The molecule has 0 bridgehead atoms. The summed E-state index contributed by atoms with van der Waals surface area (Å²) in [5, 5.41) is 45.8. The molecule has 34 heteroatoms. The van der Waals surface area contributed by atoms with Crippen molar-refractivity contribution in [2.75, 3.05) is 69.7 Å². The van der Waals surface area contributed by atoms with Crippen molar-refractivity contribution < 1.29 is 203 Å². The minimum atomic E-state index is -5.02. The third-order valence-corrected chi connectivity index (χ3v) is 12.8. The molecule has 4 aromatic rings. The number of aliphatic carboxylic acids is 2. The van der Waals surface area contributed by atoms with Gasteiger partial charge in [0, 0.05) is 40.4 Å². The Morgan fingerprint density at radius 3 is 0.479 bits per heavy atom. The predicted molar refractivity (Wildman–Crippen MR) is 341 cm³/mol. The van der Waals surface area contributed by atoms with E-state index in [0.29, 0.717) is 0 Å². The van der Waals surface area contributed by atoms with Gasteiger partial charge in [0.2, 0.25) is 0 Å². The molecule has 0 amide bonds. The number of nitrogens with one attached hydrogen (secondary N) is 2. The second-order valence-electron chi connectivity index (χ2n) is 22.4. The van der Waals surface area contributed by atoms with Gasteiger partial charge in [-0.05, 0) is 106 Å². The van der Waals surface area contributed by atoms with Crippen LogP contribution in [0.5, 0.6) is 23.0 Å². The first kappa shape index (κ1) is 118. The molecule has 4 rings (SSSR count). The van der Waals surface area contributed by atoms with Crippen molar-refractivity contribution in [3.63, 3.8) is 0 Å². The fraction of sp³-hybridized carbons (Fsp3) is 0.581. The van der Waals surface area contributed by atoms with Gasteiger partial charge in [0.1, 0.15) is 67.4 Å². The van der Waals surface area contributed by atoms with Gasteiger partial charge in [-0.15, -0.1) is 0 Å². The Hall–Kier alpha value is -2.13. The normalized spacial score (nSPS) is 10.4. The first-order valence-corrected chi connectivity index (χ1v) is 34.9. The van der Waals surface area contributed by atoms with E-state index >= 15 is 0 Å². The molecule has 0 heterocycles. The van der Waals surface area contributed by atoms with Crippen LogP contribution in [0.2, 0.25) is 0 Å². The number of rotatable bonds is 19. The summed E-state index contributed by atoms with van der Waals surface area (Å²) in [4.78, 5) is 107. The topological polar surface area (TPSA) is 460 Å². The van der Waals surface area contributed by atoms with Crippen LogP contribution in [0.3, 0.4) is 0 Å². The van der Waals surface area contributed by atoms with Crippen LogP contribution in [-0.4, -0.2) is 102 Å². The molecule has 0 aliphatic rings. The molecule has 96 heavy (non-hydrogen) atoms. The number of likely N-dealkylation sites (N-methyl/N-ethyl adjacent to an activating group) is 2. The molecule has 0 fully saturated rings. The Balaban J connectivity index is -0.0000000990. The van der Waals surface area contributed by atoms with Crippen LogP contribution in [0.15, 0.2) is 72.8 Å². The Morgan fingerprint density at radius 1 is 0.323 bits per heavy atom. The van der Waals surface area contributed by atoms with Gasteiger partial charge >= 0.3 is 77.9 Å². The van der Waals surface area contributed by atoms with E-state index in [4.69, 9.17) is 40.2 Å². The summed E-state index contributed by atoms with van der Waals surface area (Å²) in [7, 11) is -7.35. The van der Waals surface area contributed by atoms with Gasteiger partial charge in [-0.2, -0.15) is 0 Å². The summed E-state index contributed by atoms with van der Waals surface area (Å²) in [6.07, 6.45) is 0. The molecule has 538 valence electrons. The second kappa shape index (κ2) is 62.6. The number of carboxylic acid groups (broad SMARTS) is 2. The minimum Gasteiger partial charge on any atom is -0.780 e. The molecule has 0 saturated carbocycles. The van der Waals surface area contributed by atoms with Crippen LogP contribution in [0.1, 0.15) is 216 Å². The van der Waals surface area contributed by atoms with Crippen LogP contribution in [0.4, 0.5) is 0 Å². The average molecular weight is 1650 g/mol. The average Bonchev–Trinajstić information content (AvgIpc) is 0.862. The molecular weight excluding hydrogens is 1540 g/mol. The summed E-state index contributed by atoms with van der Waals surface area (Å²) in [6.45, 7) is 35.3. The van der Waals surface area contributed by atoms with Gasteiger partial charge in [0.05, 0.1) is 28.2 Å². The predicted octanol–water partition coefficient (Wildman–Crippen LogP) is 1.78. The van der Waals surface area contributed by atoms with Crippen molar-refractivity contribution in [2.45, 2.75) is 172 Å². The summed E-state index contributed by atoms with van der Waals surface area (Å²) in [5.41, 5.74) is 5.91. The van der Waals surface area contributed by atoms with E-state index in [0.717, 1.165) is 86.8 Å².